The number of hydrogen-bond donors (Lipinski definition) is 1. The lowest BCUT2D eigenvalue weighted by atomic mass is 10.3. The highest BCUT2D eigenvalue weighted by molar-refractivity contribution is 9.10. The predicted molar refractivity (Wildman–Crippen MR) is 52.2 cm³/mol. The molecular formula is C8H5BrClFO3. The van der Waals surface area contributed by atoms with Gasteiger partial charge in [-0.3, -0.25) is 0 Å². The number of aliphatic carboxylic acids is 1. The molecule has 0 radical (unpaired) electrons. The molecule has 76 valence electrons. The fourth-order valence-electron chi connectivity index (χ4n) is 0.801. The van der Waals surface area contributed by atoms with E-state index in [0.717, 1.165) is 6.07 Å². The molecule has 1 N–H and O–H groups in total. The van der Waals surface area contributed by atoms with E-state index in [0.29, 0.717) is 0 Å². The van der Waals surface area contributed by atoms with Crippen LogP contribution in [-0.4, -0.2) is 17.7 Å². The average molecular weight is 283 g/mol. The van der Waals surface area contributed by atoms with Gasteiger partial charge in [0.15, 0.2) is 18.2 Å². The monoisotopic (exact) mass is 282 g/mol. The van der Waals surface area contributed by atoms with Crippen LogP contribution >= 0.6 is 27.5 Å². The van der Waals surface area contributed by atoms with Crippen molar-refractivity contribution in [2.24, 2.45) is 0 Å². The number of carboxylic acid groups (broad SMARTS) is 1. The Kier molecular flexibility index (Phi) is 3.71. The van der Waals surface area contributed by atoms with Crippen molar-refractivity contribution in [2.75, 3.05) is 6.61 Å². The van der Waals surface area contributed by atoms with Crippen molar-refractivity contribution in [1.82, 2.24) is 0 Å². The van der Waals surface area contributed by atoms with Crippen molar-refractivity contribution in [3.05, 3.63) is 27.4 Å². The molecule has 14 heavy (non-hydrogen) atoms. The second-order valence-electron chi connectivity index (χ2n) is 2.38. The third-order valence-electron chi connectivity index (χ3n) is 1.30. The summed E-state index contributed by atoms with van der Waals surface area (Å²) in [6.45, 7) is -0.600. The van der Waals surface area contributed by atoms with Crippen molar-refractivity contribution in [1.29, 1.82) is 0 Å². The third kappa shape index (κ3) is 2.85. The maximum atomic E-state index is 13.1. The molecule has 1 rings (SSSR count). The molecule has 1 aromatic carbocycles. The number of hydrogen-bond acceptors (Lipinski definition) is 2. The minimum Gasteiger partial charge on any atom is -0.479 e. The van der Waals surface area contributed by atoms with E-state index in [1.807, 2.05) is 0 Å². The molecule has 0 amide bonds. The molecule has 0 fully saturated rings. The highest BCUT2D eigenvalue weighted by Crippen LogP contribution is 2.31. The maximum Gasteiger partial charge on any atom is 0.341 e. The van der Waals surface area contributed by atoms with Crippen LogP contribution in [-0.2, 0) is 4.79 Å². The van der Waals surface area contributed by atoms with E-state index in [2.05, 4.69) is 15.9 Å². The van der Waals surface area contributed by atoms with Crippen LogP contribution in [0.4, 0.5) is 4.39 Å². The highest BCUT2D eigenvalue weighted by atomic mass is 79.9. The largest absolute Gasteiger partial charge is 0.479 e. The zero-order valence-corrected chi connectivity index (χ0v) is 9.10. The first-order chi connectivity index (χ1) is 6.50. The molecule has 0 aliphatic carbocycles. The summed E-state index contributed by atoms with van der Waals surface area (Å²) in [5.74, 6) is -2.03. The number of benzene rings is 1. The van der Waals surface area contributed by atoms with Crippen molar-refractivity contribution < 1.29 is 19.0 Å². The van der Waals surface area contributed by atoms with E-state index in [9.17, 15) is 9.18 Å². The number of rotatable bonds is 3. The van der Waals surface area contributed by atoms with E-state index in [-0.39, 0.29) is 15.2 Å². The van der Waals surface area contributed by atoms with Crippen LogP contribution in [0.3, 0.4) is 0 Å². The Balaban J connectivity index is 2.91. The van der Waals surface area contributed by atoms with Crippen molar-refractivity contribution in [2.45, 2.75) is 0 Å². The summed E-state index contributed by atoms with van der Waals surface area (Å²) < 4.78 is 18.1. The molecule has 0 saturated carbocycles. The summed E-state index contributed by atoms with van der Waals surface area (Å²) in [4.78, 5) is 10.2. The van der Waals surface area contributed by atoms with Gasteiger partial charge in [-0.25, -0.2) is 9.18 Å². The summed E-state index contributed by atoms with van der Waals surface area (Å²) in [6.07, 6.45) is 0. The molecule has 1 aromatic rings. The number of carboxylic acids is 1. The molecule has 0 heterocycles. The van der Waals surface area contributed by atoms with Gasteiger partial charge in [0.25, 0.3) is 0 Å². The van der Waals surface area contributed by atoms with Crippen molar-refractivity contribution >= 4 is 33.5 Å². The van der Waals surface area contributed by atoms with Crippen LogP contribution in [0.2, 0.25) is 5.02 Å². The second kappa shape index (κ2) is 4.61. The second-order valence-corrected chi connectivity index (χ2v) is 3.67. The lowest BCUT2D eigenvalue weighted by Crippen LogP contribution is -2.10. The van der Waals surface area contributed by atoms with Crippen LogP contribution in [0, 0.1) is 5.82 Å². The summed E-state index contributed by atoms with van der Waals surface area (Å²) in [5, 5.41) is 8.53. The summed E-state index contributed by atoms with van der Waals surface area (Å²) >= 11 is 8.55. The molecule has 0 unspecified atom stereocenters. The Bertz CT molecular complexity index is 347. The standard InChI is InChI=1S/C8H5BrClFO3/c9-5-1-4(10)2-6(11)8(5)14-3-7(12)13/h1-2H,3H2,(H,12,13). The van der Waals surface area contributed by atoms with Crippen LogP contribution in [0.5, 0.6) is 5.75 Å². The fraction of sp³-hybridized carbons (Fsp3) is 0.125. The van der Waals surface area contributed by atoms with E-state index in [1.165, 1.54) is 6.07 Å². The molecule has 0 atom stereocenters. The zero-order chi connectivity index (χ0) is 10.7. The van der Waals surface area contributed by atoms with E-state index in [4.69, 9.17) is 21.4 Å². The Hall–Kier alpha value is -0.810. The average Bonchev–Trinajstić information content (AvgIpc) is 2.01. The van der Waals surface area contributed by atoms with Crippen LogP contribution < -0.4 is 4.74 Å². The molecule has 0 aliphatic rings. The van der Waals surface area contributed by atoms with Crippen LogP contribution in [0.1, 0.15) is 0 Å². The first kappa shape index (κ1) is 11.3. The lowest BCUT2D eigenvalue weighted by Gasteiger charge is -2.06. The van der Waals surface area contributed by atoms with Gasteiger partial charge >= 0.3 is 5.97 Å². The lowest BCUT2D eigenvalue weighted by molar-refractivity contribution is -0.139. The van der Waals surface area contributed by atoms with Gasteiger partial charge in [0, 0.05) is 5.02 Å². The highest BCUT2D eigenvalue weighted by Gasteiger charge is 2.11. The molecule has 0 bridgehead atoms. The van der Waals surface area contributed by atoms with Gasteiger partial charge < -0.3 is 9.84 Å². The smallest absolute Gasteiger partial charge is 0.341 e. The van der Waals surface area contributed by atoms with Crippen LogP contribution in [0.15, 0.2) is 16.6 Å². The first-order valence-electron chi connectivity index (χ1n) is 3.50. The SMILES string of the molecule is O=C(O)COc1c(F)cc(Cl)cc1Br. The summed E-state index contributed by atoms with van der Waals surface area (Å²) in [7, 11) is 0. The third-order valence-corrected chi connectivity index (χ3v) is 2.11. The normalized spacial score (nSPS) is 9.93. The van der Waals surface area contributed by atoms with Crippen molar-refractivity contribution in [3.63, 3.8) is 0 Å². The fourth-order valence-corrected chi connectivity index (χ4v) is 1.69. The summed E-state index contributed by atoms with van der Waals surface area (Å²) in [6, 6.07) is 2.46. The molecular weight excluding hydrogens is 278 g/mol. The molecule has 3 nitrogen and oxygen atoms in total. The van der Waals surface area contributed by atoms with Gasteiger partial charge in [0.2, 0.25) is 0 Å². The maximum absolute atomic E-state index is 13.1. The Morgan fingerprint density at radius 3 is 2.79 bits per heavy atom. The predicted octanol–water partition coefficient (Wildman–Crippen LogP) is 2.71. The topological polar surface area (TPSA) is 46.5 Å². The molecule has 6 heteroatoms. The van der Waals surface area contributed by atoms with E-state index < -0.39 is 18.4 Å². The molecule has 0 aromatic heterocycles. The number of carbonyl (C=O) groups is 1. The Labute approximate surface area is 92.6 Å². The Morgan fingerprint density at radius 1 is 1.64 bits per heavy atom. The number of ether oxygens (including phenoxy) is 1. The van der Waals surface area contributed by atoms with E-state index in [1.54, 1.807) is 0 Å². The Morgan fingerprint density at radius 2 is 2.29 bits per heavy atom. The van der Waals surface area contributed by atoms with Gasteiger partial charge in [-0.1, -0.05) is 11.6 Å². The molecule has 0 aliphatic heterocycles. The minimum atomic E-state index is -1.17. The van der Waals surface area contributed by atoms with Gasteiger partial charge in [0.1, 0.15) is 0 Å². The molecule has 0 saturated heterocycles. The minimum absolute atomic E-state index is 0.156. The van der Waals surface area contributed by atoms with E-state index >= 15 is 0 Å². The zero-order valence-electron chi connectivity index (χ0n) is 6.76. The number of halogens is 3. The van der Waals surface area contributed by atoms with Crippen molar-refractivity contribution in [3.8, 4) is 5.75 Å². The molecule has 0 spiro atoms. The van der Waals surface area contributed by atoms with Crippen LogP contribution in [0.25, 0.3) is 0 Å². The quantitative estimate of drug-likeness (QED) is 0.928. The van der Waals surface area contributed by atoms with Gasteiger partial charge in [-0.2, -0.15) is 0 Å². The van der Waals surface area contributed by atoms with Gasteiger partial charge in [-0.15, -0.1) is 0 Å². The van der Waals surface area contributed by atoms with Gasteiger partial charge in [-0.05, 0) is 28.1 Å². The summed E-state index contributed by atoms with van der Waals surface area (Å²) in [5.41, 5.74) is 0. The van der Waals surface area contributed by atoms with Gasteiger partial charge in [0.05, 0.1) is 4.47 Å². The first-order valence-corrected chi connectivity index (χ1v) is 4.67.